The monoisotopic (exact) mass is 307 g/mol. The number of carbonyl (C=O) groups is 1. The summed E-state index contributed by atoms with van der Waals surface area (Å²) in [4.78, 5) is 15.6. The largest absolute Gasteiger partial charge is 0.361 e. The fourth-order valence-electron chi connectivity index (χ4n) is 2.81. The summed E-state index contributed by atoms with van der Waals surface area (Å²) in [5.74, 6) is -0.165. The molecule has 4 N–H and O–H groups in total. The number of benzene rings is 2. The first-order valence-electron chi connectivity index (χ1n) is 7.73. The highest BCUT2D eigenvalue weighted by atomic mass is 16.2. The van der Waals surface area contributed by atoms with Crippen LogP contribution >= 0.6 is 0 Å². The third-order valence-corrected chi connectivity index (χ3v) is 4.09. The quantitative estimate of drug-likeness (QED) is 0.692. The van der Waals surface area contributed by atoms with E-state index in [2.05, 4.69) is 10.3 Å². The number of anilines is 1. The molecule has 1 heterocycles. The van der Waals surface area contributed by atoms with Crippen molar-refractivity contribution in [3.8, 4) is 0 Å². The average Bonchev–Trinajstić information content (AvgIpc) is 2.93. The number of rotatable bonds is 4. The molecule has 3 rings (SSSR count). The number of fused-ring (bicyclic) bond motifs is 1. The molecule has 2 aromatic carbocycles. The molecule has 0 saturated heterocycles. The van der Waals surface area contributed by atoms with Crippen molar-refractivity contribution in [3.05, 3.63) is 65.4 Å². The van der Waals surface area contributed by atoms with Gasteiger partial charge in [-0.3, -0.25) is 4.79 Å². The first-order valence-corrected chi connectivity index (χ1v) is 7.73. The summed E-state index contributed by atoms with van der Waals surface area (Å²) in [6.45, 7) is 4.01. The summed E-state index contributed by atoms with van der Waals surface area (Å²) in [7, 11) is 0. The van der Waals surface area contributed by atoms with Gasteiger partial charge < -0.3 is 16.0 Å². The fourth-order valence-corrected chi connectivity index (χ4v) is 2.81. The Kier molecular flexibility index (Phi) is 4.17. The van der Waals surface area contributed by atoms with Gasteiger partial charge >= 0.3 is 0 Å². The SMILES string of the molecule is Cc1ccc(NC(=O)[C@@H](N)Cc2c[nH]c3ccccc23)c(C)c1. The van der Waals surface area contributed by atoms with Crippen LogP contribution in [0.25, 0.3) is 10.9 Å². The van der Waals surface area contributed by atoms with Crippen LogP contribution in [0.2, 0.25) is 0 Å². The minimum Gasteiger partial charge on any atom is -0.361 e. The number of amides is 1. The molecule has 4 nitrogen and oxygen atoms in total. The Morgan fingerprint density at radius 2 is 2.00 bits per heavy atom. The molecule has 4 heteroatoms. The van der Waals surface area contributed by atoms with E-state index >= 15 is 0 Å². The highest BCUT2D eigenvalue weighted by Crippen LogP contribution is 2.20. The standard InChI is InChI=1S/C19H21N3O/c1-12-7-8-17(13(2)9-12)22-19(23)16(20)10-14-11-21-18-6-4-3-5-15(14)18/h3-9,11,16,21H,10,20H2,1-2H3,(H,22,23)/t16-/m0/s1. The molecule has 0 bridgehead atoms. The number of carbonyl (C=O) groups excluding carboxylic acids is 1. The van der Waals surface area contributed by atoms with Crippen molar-refractivity contribution in [2.45, 2.75) is 26.3 Å². The smallest absolute Gasteiger partial charge is 0.241 e. The van der Waals surface area contributed by atoms with Gasteiger partial charge in [0.25, 0.3) is 0 Å². The van der Waals surface area contributed by atoms with Crippen molar-refractivity contribution in [1.29, 1.82) is 0 Å². The molecular formula is C19H21N3O. The predicted octanol–water partition coefficient (Wildman–Crippen LogP) is 3.29. The lowest BCUT2D eigenvalue weighted by Crippen LogP contribution is -2.37. The second-order valence-electron chi connectivity index (χ2n) is 5.98. The molecular weight excluding hydrogens is 286 g/mol. The first-order chi connectivity index (χ1) is 11.0. The van der Waals surface area contributed by atoms with Gasteiger partial charge in [0, 0.05) is 22.8 Å². The van der Waals surface area contributed by atoms with Crippen LogP contribution in [0.3, 0.4) is 0 Å². The third kappa shape index (κ3) is 3.27. The molecule has 0 saturated carbocycles. The molecule has 0 spiro atoms. The van der Waals surface area contributed by atoms with Gasteiger partial charge in [0.05, 0.1) is 6.04 Å². The Balaban J connectivity index is 1.72. The van der Waals surface area contributed by atoms with Gasteiger partial charge in [-0.1, -0.05) is 35.9 Å². The Labute approximate surface area is 135 Å². The number of hydrogen-bond donors (Lipinski definition) is 3. The van der Waals surface area contributed by atoms with Gasteiger partial charge in [-0.05, 0) is 43.5 Å². The number of aryl methyl sites for hydroxylation is 2. The number of aromatic amines is 1. The van der Waals surface area contributed by atoms with Crippen LogP contribution in [0.1, 0.15) is 16.7 Å². The minimum absolute atomic E-state index is 0.165. The summed E-state index contributed by atoms with van der Waals surface area (Å²) in [6.07, 6.45) is 2.43. The van der Waals surface area contributed by atoms with Gasteiger partial charge in [-0.2, -0.15) is 0 Å². The molecule has 1 atom stereocenters. The van der Waals surface area contributed by atoms with Crippen LogP contribution in [-0.2, 0) is 11.2 Å². The summed E-state index contributed by atoms with van der Waals surface area (Å²) in [5, 5.41) is 4.04. The van der Waals surface area contributed by atoms with E-state index in [1.54, 1.807) is 0 Å². The molecule has 1 aromatic heterocycles. The highest BCUT2D eigenvalue weighted by Gasteiger charge is 2.17. The van der Waals surface area contributed by atoms with Crippen LogP contribution in [0.4, 0.5) is 5.69 Å². The fraction of sp³-hybridized carbons (Fsp3) is 0.211. The van der Waals surface area contributed by atoms with Gasteiger partial charge in [-0.15, -0.1) is 0 Å². The maximum atomic E-state index is 12.4. The Morgan fingerprint density at radius 3 is 2.78 bits per heavy atom. The van der Waals surface area contributed by atoms with E-state index in [0.717, 1.165) is 27.7 Å². The van der Waals surface area contributed by atoms with E-state index in [0.29, 0.717) is 6.42 Å². The van der Waals surface area contributed by atoms with Crippen LogP contribution in [0.15, 0.2) is 48.7 Å². The highest BCUT2D eigenvalue weighted by molar-refractivity contribution is 5.96. The summed E-state index contributed by atoms with van der Waals surface area (Å²) in [5.41, 5.74) is 11.2. The van der Waals surface area contributed by atoms with Crippen molar-refractivity contribution < 1.29 is 4.79 Å². The number of para-hydroxylation sites is 1. The minimum atomic E-state index is -0.588. The van der Waals surface area contributed by atoms with Crippen LogP contribution in [0.5, 0.6) is 0 Å². The van der Waals surface area contributed by atoms with Crippen molar-refractivity contribution in [2.75, 3.05) is 5.32 Å². The molecule has 1 amide bonds. The molecule has 0 radical (unpaired) electrons. The van der Waals surface area contributed by atoms with Crippen LogP contribution in [-0.4, -0.2) is 16.9 Å². The maximum absolute atomic E-state index is 12.4. The normalized spacial score (nSPS) is 12.3. The zero-order valence-electron chi connectivity index (χ0n) is 13.4. The predicted molar refractivity (Wildman–Crippen MR) is 94.5 cm³/mol. The van der Waals surface area contributed by atoms with Gasteiger partial charge in [0.1, 0.15) is 0 Å². The van der Waals surface area contributed by atoms with Crippen molar-refractivity contribution in [3.63, 3.8) is 0 Å². The second kappa shape index (κ2) is 6.26. The molecule has 3 aromatic rings. The molecule has 0 fully saturated rings. The Hall–Kier alpha value is -2.59. The molecule has 118 valence electrons. The summed E-state index contributed by atoms with van der Waals surface area (Å²) < 4.78 is 0. The average molecular weight is 307 g/mol. The lowest BCUT2D eigenvalue weighted by Gasteiger charge is -2.14. The molecule has 0 aliphatic rings. The summed E-state index contributed by atoms with van der Waals surface area (Å²) in [6, 6.07) is 13.4. The van der Waals surface area contributed by atoms with Gasteiger partial charge in [-0.25, -0.2) is 0 Å². The topological polar surface area (TPSA) is 70.9 Å². The van der Waals surface area contributed by atoms with E-state index in [9.17, 15) is 4.79 Å². The number of aromatic nitrogens is 1. The number of hydrogen-bond acceptors (Lipinski definition) is 2. The van der Waals surface area contributed by atoms with Gasteiger partial charge in [0.2, 0.25) is 5.91 Å². The molecule has 0 aliphatic carbocycles. The zero-order valence-corrected chi connectivity index (χ0v) is 13.4. The zero-order chi connectivity index (χ0) is 16.4. The van der Waals surface area contributed by atoms with E-state index in [4.69, 9.17) is 5.73 Å². The lowest BCUT2D eigenvalue weighted by molar-refractivity contribution is -0.117. The Morgan fingerprint density at radius 1 is 1.22 bits per heavy atom. The molecule has 0 unspecified atom stereocenters. The van der Waals surface area contributed by atoms with E-state index in [1.807, 2.05) is 62.5 Å². The Bertz CT molecular complexity index is 851. The van der Waals surface area contributed by atoms with Crippen molar-refractivity contribution in [1.82, 2.24) is 4.98 Å². The van der Waals surface area contributed by atoms with Crippen molar-refractivity contribution >= 4 is 22.5 Å². The van der Waals surface area contributed by atoms with Gasteiger partial charge in [0.15, 0.2) is 0 Å². The second-order valence-corrected chi connectivity index (χ2v) is 5.98. The lowest BCUT2D eigenvalue weighted by atomic mass is 10.0. The van der Waals surface area contributed by atoms with Crippen LogP contribution < -0.4 is 11.1 Å². The number of nitrogens with two attached hydrogens (primary N) is 1. The molecule has 0 aliphatic heterocycles. The van der Waals surface area contributed by atoms with E-state index in [-0.39, 0.29) is 5.91 Å². The third-order valence-electron chi connectivity index (χ3n) is 4.09. The van der Waals surface area contributed by atoms with Crippen molar-refractivity contribution in [2.24, 2.45) is 5.73 Å². The van der Waals surface area contributed by atoms with E-state index in [1.165, 1.54) is 5.56 Å². The molecule has 23 heavy (non-hydrogen) atoms. The number of H-pyrrole nitrogens is 1. The first kappa shape index (κ1) is 15.3. The van der Waals surface area contributed by atoms with E-state index < -0.39 is 6.04 Å². The number of nitrogens with one attached hydrogen (secondary N) is 2. The summed E-state index contributed by atoms with van der Waals surface area (Å²) >= 11 is 0. The van der Waals surface area contributed by atoms with Crippen LogP contribution in [0, 0.1) is 13.8 Å². The maximum Gasteiger partial charge on any atom is 0.241 e.